The third kappa shape index (κ3) is 3.29. The van der Waals surface area contributed by atoms with Crippen molar-refractivity contribution in [2.75, 3.05) is 18.8 Å². The fourth-order valence-corrected chi connectivity index (χ4v) is 3.52. The summed E-state index contributed by atoms with van der Waals surface area (Å²) in [5, 5.41) is 0. The summed E-state index contributed by atoms with van der Waals surface area (Å²) in [6.07, 6.45) is 4.65. The maximum atomic E-state index is 11.7. The Balaban J connectivity index is 1.88. The number of rotatable bonds is 4. The number of pyridine rings is 1. The smallest absolute Gasteiger partial charge is 0.213 e. The van der Waals surface area contributed by atoms with Crippen LogP contribution < -0.4 is 0 Å². The lowest BCUT2D eigenvalue weighted by Crippen LogP contribution is -2.39. The van der Waals surface area contributed by atoms with Crippen LogP contribution in [-0.2, 0) is 16.4 Å². The van der Waals surface area contributed by atoms with Gasteiger partial charge in [-0.25, -0.2) is 12.7 Å². The standard InChI is InChI=1S/C13H20N2O2S/c1-2-18(16,17)15-9-6-12(7-10-15)11-13-5-3-4-8-14-13/h3-5,8,12H,2,6-7,9-11H2,1H3. The van der Waals surface area contributed by atoms with Crippen LogP contribution in [0.25, 0.3) is 0 Å². The first kappa shape index (κ1) is 13.5. The van der Waals surface area contributed by atoms with Gasteiger partial charge in [0.25, 0.3) is 0 Å². The van der Waals surface area contributed by atoms with Gasteiger partial charge in [-0.15, -0.1) is 0 Å². The minimum atomic E-state index is -3.00. The van der Waals surface area contributed by atoms with Crippen molar-refractivity contribution in [2.45, 2.75) is 26.2 Å². The molecule has 100 valence electrons. The van der Waals surface area contributed by atoms with E-state index in [1.165, 1.54) is 0 Å². The SMILES string of the molecule is CCS(=O)(=O)N1CCC(Cc2ccccn2)CC1. The summed E-state index contributed by atoms with van der Waals surface area (Å²) in [6, 6.07) is 5.95. The number of hydrogen-bond acceptors (Lipinski definition) is 3. The van der Waals surface area contributed by atoms with E-state index >= 15 is 0 Å². The Kier molecular flexibility index (Phi) is 4.35. The molecular weight excluding hydrogens is 248 g/mol. The first-order chi connectivity index (χ1) is 8.62. The molecule has 0 radical (unpaired) electrons. The molecule has 0 saturated carbocycles. The maximum Gasteiger partial charge on any atom is 0.213 e. The van der Waals surface area contributed by atoms with Gasteiger partial charge in [0.05, 0.1) is 5.75 Å². The van der Waals surface area contributed by atoms with Crippen molar-refractivity contribution < 1.29 is 8.42 Å². The molecule has 0 unspecified atom stereocenters. The second-order valence-electron chi connectivity index (χ2n) is 4.77. The molecule has 4 nitrogen and oxygen atoms in total. The van der Waals surface area contributed by atoms with E-state index in [-0.39, 0.29) is 5.75 Å². The molecule has 0 amide bonds. The normalized spacial score (nSPS) is 18.9. The predicted octanol–water partition coefficient (Wildman–Crippen LogP) is 1.69. The Morgan fingerprint density at radius 3 is 2.61 bits per heavy atom. The quantitative estimate of drug-likeness (QED) is 0.835. The molecule has 0 aliphatic carbocycles. The van der Waals surface area contributed by atoms with E-state index in [0.717, 1.165) is 25.0 Å². The third-order valence-corrected chi connectivity index (χ3v) is 5.44. The number of nitrogens with zero attached hydrogens (tertiary/aromatic N) is 2. The summed E-state index contributed by atoms with van der Waals surface area (Å²) in [6.45, 7) is 3.02. The van der Waals surface area contributed by atoms with Crippen LogP contribution in [0.1, 0.15) is 25.5 Å². The number of aromatic nitrogens is 1. The lowest BCUT2D eigenvalue weighted by Gasteiger charge is -2.30. The Hall–Kier alpha value is -0.940. The molecule has 1 saturated heterocycles. The van der Waals surface area contributed by atoms with Crippen LogP contribution in [0.3, 0.4) is 0 Å². The van der Waals surface area contributed by atoms with Gasteiger partial charge in [0.2, 0.25) is 10.0 Å². The molecule has 0 atom stereocenters. The molecule has 1 aliphatic heterocycles. The third-order valence-electron chi connectivity index (χ3n) is 3.56. The van der Waals surface area contributed by atoms with Crippen molar-refractivity contribution in [2.24, 2.45) is 5.92 Å². The molecule has 1 aromatic heterocycles. The topological polar surface area (TPSA) is 50.3 Å². The van der Waals surface area contributed by atoms with E-state index in [0.29, 0.717) is 19.0 Å². The first-order valence-corrected chi connectivity index (χ1v) is 8.10. The maximum absolute atomic E-state index is 11.7. The summed E-state index contributed by atoms with van der Waals surface area (Å²) < 4.78 is 25.1. The molecule has 18 heavy (non-hydrogen) atoms. The van der Waals surface area contributed by atoms with Gasteiger partial charge in [0, 0.05) is 25.0 Å². The molecule has 1 fully saturated rings. The Labute approximate surface area is 109 Å². The second-order valence-corrected chi connectivity index (χ2v) is 7.03. The predicted molar refractivity (Wildman–Crippen MR) is 71.7 cm³/mol. The van der Waals surface area contributed by atoms with Crippen molar-refractivity contribution in [3.05, 3.63) is 30.1 Å². The van der Waals surface area contributed by atoms with Crippen LogP contribution in [0.15, 0.2) is 24.4 Å². The highest BCUT2D eigenvalue weighted by atomic mass is 32.2. The van der Waals surface area contributed by atoms with Crippen molar-refractivity contribution in [3.63, 3.8) is 0 Å². The zero-order valence-corrected chi connectivity index (χ0v) is 11.6. The first-order valence-electron chi connectivity index (χ1n) is 6.49. The van der Waals surface area contributed by atoms with E-state index in [9.17, 15) is 8.42 Å². The fraction of sp³-hybridized carbons (Fsp3) is 0.615. The van der Waals surface area contributed by atoms with E-state index in [1.807, 2.05) is 24.4 Å². The van der Waals surface area contributed by atoms with Gasteiger partial charge in [-0.05, 0) is 44.2 Å². The van der Waals surface area contributed by atoms with Crippen LogP contribution in [0.2, 0.25) is 0 Å². The fourth-order valence-electron chi connectivity index (χ4n) is 2.39. The van der Waals surface area contributed by atoms with Crippen LogP contribution in [0.5, 0.6) is 0 Å². The molecule has 2 rings (SSSR count). The average Bonchev–Trinajstić information content (AvgIpc) is 2.40. The van der Waals surface area contributed by atoms with Crippen molar-refractivity contribution in [3.8, 4) is 0 Å². The largest absolute Gasteiger partial charge is 0.261 e. The van der Waals surface area contributed by atoms with Gasteiger partial charge in [-0.2, -0.15) is 0 Å². The monoisotopic (exact) mass is 268 g/mol. The van der Waals surface area contributed by atoms with Gasteiger partial charge < -0.3 is 0 Å². The molecule has 1 aromatic rings. The Morgan fingerprint density at radius 2 is 2.06 bits per heavy atom. The van der Waals surface area contributed by atoms with Crippen LogP contribution in [0, 0.1) is 5.92 Å². The van der Waals surface area contributed by atoms with E-state index < -0.39 is 10.0 Å². The van der Waals surface area contributed by atoms with Crippen LogP contribution in [-0.4, -0.2) is 36.5 Å². The Bertz CT molecular complexity index is 465. The summed E-state index contributed by atoms with van der Waals surface area (Å²) in [4.78, 5) is 4.32. The van der Waals surface area contributed by atoms with Gasteiger partial charge in [0.1, 0.15) is 0 Å². The van der Waals surface area contributed by atoms with E-state index in [1.54, 1.807) is 11.2 Å². The lowest BCUT2D eigenvalue weighted by atomic mass is 9.93. The minimum Gasteiger partial charge on any atom is -0.261 e. The number of piperidine rings is 1. The molecule has 0 N–H and O–H groups in total. The summed E-state index contributed by atoms with van der Waals surface area (Å²) in [5.41, 5.74) is 1.11. The zero-order chi connectivity index (χ0) is 13.0. The molecular formula is C13H20N2O2S. The summed E-state index contributed by atoms with van der Waals surface area (Å²) in [7, 11) is -3.00. The van der Waals surface area contributed by atoms with Gasteiger partial charge >= 0.3 is 0 Å². The number of hydrogen-bond donors (Lipinski definition) is 0. The highest BCUT2D eigenvalue weighted by Crippen LogP contribution is 2.22. The molecule has 0 spiro atoms. The number of sulfonamides is 1. The summed E-state index contributed by atoms with van der Waals surface area (Å²) in [5.74, 6) is 0.765. The highest BCUT2D eigenvalue weighted by molar-refractivity contribution is 7.89. The average molecular weight is 268 g/mol. The van der Waals surface area contributed by atoms with Gasteiger partial charge in [0.15, 0.2) is 0 Å². The van der Waals surface area contributed by atoms with Crippen molar-refractivity contribution >= 4 is 10.0 Å². The molecule has 5 heteroatoms. The van der Waals surface area contributed by atoms with Crippen molar-refractivity contribution in [1.82, 2.24) is 9.29 Å². The van der Waals surface area contributed by atoms with E-state index in [2.05, 4.69) is 4.98 Å². The highest BCUT2D eigenvalue weighted by Gasteiger charge is 2.26. The Morgan fingerprint density at radius 1 is 1.33 bits per heavy atom. The second kappa shape index (κ2) is 5.80. The molecule has 0 bridgehead atoms. The zero-order valence-electron chi connectivity index (χ0n) is 10.7. The lowest BCUT2D eigenvalue weighted by molar-refractivity contribution is 0.272. The van der Waals surface area contributed by atoms with E-state index in [4.69, 9.17) is 0 Å². The minimum absolute atomic E-state index is 0.206. The molecule has 1 aliphatic rings. The summed E-state index contributed by atoms with van der Waals surface area (Å²) >= 11 is 0. The van der Waals surface area contributed by atoms with Crippen LogP contribution >= 0.6 is 0 Å². The molecule has 0 aromatic carbocycles. The molecule has 2 heterocycles. The van der Waals surface area contributed by atoms with Crippen LogP contribution in [0.4, 0.5) is 0 Å². The van der Waals surface area contributed by atoms with Crippen molar-refractivity contribution in [1.29, 1.82) is 0 Å². The van der Waals surface area contributed by atoms with Gasteiger partial charge in [-0.1, -0.05) is 6.07 Å². The van der Waals surface area contributed by atoms with Gasteiger partial charge in [-0.3, -0.25) is 4.98 Å².